The third-order valence-electron chi connectivity index (χ3n) is 4.25. The van der Waals surface area contributed by atoms with Crippen LogP contribution >= 0.6 is 11.3 Å². The second kappa shape index (κ2) is 8.86. The highest BCUT2D eigenvalue weighted by molar-refractivity contribution is 7.16. The molecule has 0 spiro atoms. The van der Waals surface area contributed by atoms with Crippen LogP contribution in [0, 0.1) is 0 Å². The molecule has 0 aliphatic heterocycles. The van der Waals surface area contributed by atoms with Crippen molar-refractivity contribution >= 4 is 28.5 Å². The van der Waals surface area contributed by atoms with E-state index in [4.69, 9.17) is 0 Å². The molecule has 7 heteroatoms. The maximum atomic E-state index is 12.4. The molecule has 0 saturated carbocycles. The largest absolute Gasteiger partial charge is 0.365 e. The molecule has 0 radical (unpaired) electrons. The molecule has 0 aliphatic carbocycles. The van der Waals surface area contributed by atoms with Crippen LogP contribution in [0.3, 0.4) is 0 Å². The van der Waals surface area contributed by atoms with E-state index in [0.717, 1.165) is 28.5 Å². The summed E-state index contributed by atoms with van der Waals surface area (Å²) in [5.74, 6) is 0. The second-order valence-corrected chi connectivity index (χ2v) is 7.93. The molecular weight excluding hydrogens is 372 g/mol. The van der Waals surface area contributed by atoms with Gasteiger partial charge in [0.05, 0.1) is 5.00 Å². The zero-order valence-corrected chi connectivity index (χ0v) is 17.0. The third-order valence-corrected chi connectivity index (χ3v) is 5.40. The fourth-order valence-electron chi connectivity index (χ4n) is 2.64. The van der Waals surface area contributed by atoms with Gasteiger partial charge in [0.1, 0.15) is 10.7 Å². The molecule has 0 atom stereocenters. The average Bonchev–Trinajstić information content (AvgIpc) is 3.13. The van der Waals surface area contributed by atoms with E-state index in [0.29, 0.717) is 0 Å². The molecule has 0 unspecified atom stereocenters. The van der Waals surface area contributed by atoms with Gasteiger partial charge in [0.15, 0.2) is 0 Å². The van der Waals surface area contributed by atoms with Gasteiger partial charge in [-0.2, -0.15) is 0 Å². The molecule has 0 bridgehead atoms. The third kappa shape index (κ3) is 5.09. The lowest BCUT2D eigenvalue weighted by atomic mass is 10.2. The Morgan fingerprint density at radius 2 is 1.50 bits per heavy atom. The Kier molecular flexibility index (Phi) is 6.28. The van der Waals surface area contributed by atoms with Gasteiger partial charge in [0, 0.05) is 25.0 Å². The van der Waals surface area contributed by atoms with E-state index >= 15 is 0 Å². The Balaban J connectivity index is 1.90. The van der Waals surface area contributed by atoms with Crippen LogP contribution in [0.1, 0.15) is 10.4 Å². The summed E-state index contributed by atoms with van der Waals surface area (Å²) in [5, 5.41) is 1.60. The molecule has 2 aromatic heterocycles. The molecule has 2 N–H and O–H groups in total. The van der Waals surface area contributed by atoms with Gasteiger partial charge in [-0.05, 0) is 43.9 Å². The van der Waals surface area contributed by atoms with Crippen molar-refractivity contribution in [2.24, 2.45) is 0 Å². The number of benzene rings is 1. The minimum Gasteiger partial charge on any atom is -0.365 e. The number of aromatic nitrogens is 2. The van der Waals surface area contributed by atoms with Gasteiger partial charge in [-0.3, -0.25) is 9.59 Å². The first kappa shape index (κ1) is 19.9. The van der Waals surface area contributed by atoms with Crippen LogP contribution in [0.25, 0.3) is 12.2 Å². The van der Waals surface area contributed by atoms with E-state index in [1.165, 1.54) is 0 Å². The molecule has 3 aromatic rings. The molecular formula is C21H24N4O2S. The Labute approximate surface area is 167 Å². The Hall–Kier alpha value is -2.90. The van der Waals surface area contributed by atoms with Crippen LogP contribution in [-0.4, -0.2) is 49.1 Å². The minimum absolute atomic E-state index is 0.239. The topological polar surface area (TPSA) is 72.2 Å². The highest BCUT2D eigenvalue weighted by Gasteiger charge is 2.05. The Morgan fingerprint density at radius 1 is 0.857 bits per heavy atom. The molecule has 6 nitrogen and oxygen atoms in total. The van der Waals surface area contributed by atoms with Gasteiger partial charge in [0.2, 0.25) is 0 Å². The summed E-state index contributed by atoms with van der Waals surface area (Å²) in [6.07, 6.45) is 3.37. The first-order valence-electron chi connectivity index (χ1n) is 8.99. The Morgan fingerprint density at radius 3 is 2.14 bits per heavy atom. The summed E-state index contributed by atoms with van der Waals surface area (Å²) < 4.78 is 0. The van der Waals surface area contributed by atoms with Crippen molar-refractivity contribution in [1.82, 2.24) is 14.9 Å². The number of anilines is 1. The predicted molar refractivity (Wildman–Crippen MR) is 117 cm³/mol. The summed E-state index contributed by atoms with van der Waals surface area (Å²) in [6.45, 7) is 1.87. The standard InChI is InChI=1S/C21H24N4O2S/c1-24(2)11-12-25(3)19-10-9-16(28-19)14-18-21(27)22-17(20(26)23-18)13-15-7-5-4-6-8-15/h4-10,13-14H,11-12H2,1-3H3,(H,22,27)(H,23,26). The SMILES string of the molecule is CN(C)CCN(C)c1ccc(C=c2[nH]c(=O)c(=Cc3ccccc3)[nH]c2=O)s1. The predicted octanol–water partition coefficient (Wildman–Crippen LogP) is 0.780. The second-order valence-electron chi connectivity index (χ2n) is 6.84. The lowest BCUT2D eigenvalue weighted by Gasteiger charge is -2.19. The van der Waals surface area contributed by atoms with Gasteiger partial charge in [-0.15, -0.1) is 11.3 Å². The summed E-state index contributed by atoms with van der Waals surface area (Å²) in [5.41, 5.74) is 0.205. The maximum absolute atomic E-state index is 12.4. The summed E-state index contributed by atoms with van der Waals surface area (Å²) in [6, 6.07) is 13.4. The highest BCUT2D eigenvalue weighted by Crippen LogP contribution is 2.25. The number of hydrogen-bond acceptors (Lipinski definition) is 5. The fourth-order valence-corrected chi connectivity index (χ4v) is 3.58. The van der Waals surface area contributed by atoms with Crippen LogP contribution in [0.4, 0.5) is 5.00 Å². The number of rotatable bonds is 6. The van der Waals surface area contributed by atoms with Crippen LogP contribution in [0.5, 0.6) is 0 Å². The highest BCUT2D eigenvalue weighted by atomic mass is 32.1. The summed E-state index contributed by atoms with van der Waals surface area (Å²) >= 11 is 1.58. The molecule has 28 heavy (non-hydrogen) atoms. The number of likely N-dealkylation sites (N-methyl/N-ethyl adjacent to an activating group) is 2. The van der Waals surface area contributed by atoms with Gasteiger partial charge in [-0.25, -0.2) is 0 Å². The molecule has 0 fully saturated rings. The van der Waals surface area contributed by atoms with Crippen molar-refractivity contribution < 1.29 is 0 Å². The number of H-pyrrole nitrogens is 2. The number of hydrogen-bond donors (Lipinski definition) is 2. The molecule has 146 valence electrons. The van der Waals surface area contributed by atoms with Gasteiger partial charge in [-0.1, -0.05) is 30.3 Å². The molecule has 2 heterocycles. The average molecular weight is 397 g/mol. The lowest BCUT2D eigenvalue weighted by molar-refractivity contribution is 0.417. The van der Waals surface area contributed by atoms with Crippen molar-refractivity contribution in [1.29, 1.82) is 0 Å². The lowest BCUT2D eigenvalue weighted by Crippen LogP contribution is -2.46. The first-order chi connectivity index (χ1) is 13.4. The van der Waals surface area contributed by atoms with E-state index in [-0.39, 0.29) is 21.8 Å². The van der Waals surface area contributed by atoms with E-state index < -0.39 is 0 Å². The fraction of sp³-hybridized carbons (Fsp3) is 0.238. The van der Waals surface area contributed by atoms with E-state index in [1.54, 1.807) is 23.5 Å². The zero-order valence-electron chi connectivity index (χ0n) is 16.2. The van der Waals surface area contributed by atoms with E-state index in [1.807, 2.05) is 63.6 Å². The maximum Gasteiger partial charge on any atom is 0.272 e. The van der Waals surface area contributed by atoms with Crippen LogP contribution in [-0.2, 0) is 0 Å². The number of aromatic amines is 2. The molecule has 1 aromatic carbocycles. The first-order valence-corrected chi connectivity index (χ1v) is 9.81. The van der Waals surface area contributed by atoms with Gasteiger partial charge in [0.25, 0.3) is 11.1 Å². The van der Waals surface area contributed by atoms with Crippen molar-refractivity contribution in [2.75, 3.05) is 39.1 Å². The quantitative estimate of drug-likeness (QED) is 0.646. The zero-order chi connectivity index (χ0) is 20.1. The number of thiophene rings is 1. The smallest absolute Gasteiger partial charge is 0.272 e. The van der Waals surface area contributed by atoms with Crippen molar-refractivity contribution in [3.8, 4) is 0 Å². The number of nitrogens with zero attached hydrogens (tertiary/aromatic N) is 2. The van der Waals surface area contributed by atoms with Crippen molar-refractivity contribution in [2.45, 2.75) is 0 Å². The molecule has 0 amide bonds. The van der Waals surface area contributed by atoms with Crippen LogP contribution in [0.15, 0.2) is 52.1 Å². The van der Waals surface area contributed by atoms with E-state index in [2.05, 4.69) is 19.8 Å². The van der Waals surface area contributed by atoms with E-state index in [9.17, 15) is 9.59 Å². The van der Waals surface area contributed by atoms with Crippen LogP contribution in [0.2, 0.25) is 0 Å². The monoisotopic (exact) mass is 396 g/mol. The summed E-state index contributed by atoms with van der Waals surface area (Å²) in [4.78, 5) is 35.4. The minimum atomic E-state index is -0.324. The summed E-state index contributed by atoms with van der Waals surface area (Å²) in [7, 11) is 6.13. The number of nitrogens with one attached hydrogen (secondary N) is 2. The molecule has 3 rings (SSSR count). The Bertz CT molecular complexity index is 1160. The molecule has 0 saturated heterocycles. The van der Waals surface area contributed by atoms with Gasteiger partial charge < -0.3 is 19.8 Å². The van der Waals surface area contributed by atoms with Crippen molar-refractivity contribution in [3.63, 3.8) is 0 Å². The molecule has 0 aliphatic rings. The van der Waals surface area contributed by atoms with Gasteiger partial charge >= 0.3 is 0 Å². The van der Waals surface area contributed by atoms with Crippen molar-refractivity contribution in [3.05, 3.63) is 84.3 Å². The normalized spacial score (nSPS) is 12.7. The van der Waals surface area contributed by atoms with Crippen LogP contribution < -0.4 is 26.7 Å².